The van der Waals surface area contributed by atoms with E-state index in [2.05, 4.69) is 13.2 Å². The van der Waals surface area contributed by atoms with Gasteiger partial charge < -0.3 is 15.2 Å². The molecule has 4 nitrogen and oxygen atoms in total. The van der Waals surface area contributed by atoms with E-state index in [-0.39, 0.29) is 0 Å². The second-order valence-corrected chi connectivity index (χ2v) is 4.13. The number of aliphatic hydroxyl groups is 1. The number of allylic oxidation sites excluding steroid dienone is 3. The van der Waals surface area contributed by atoms with Crippen molar-refractivity contribution in [3.63, 3.8) is 0 Å². The zero-order chi connectivity index (χ0) is 14.3. The Labute approximate surface area is 113 Å². The molecule has 1 unspecified atom stereocenters. The number of hydrogen-bond donors (Lipinski definition) is 3. The van der Waals surface area contributed by atoms with Gasteiger partial charge in [-0.3, -0.25) is 0 Å². The van der Waals surface area contributed by atoms with E-state index in [4.69, 9.17) is 5.21 Å². The fourth-order valence-corrected chi connectivity index (χ4v) is 1.68. The summed E-state index contributed by atoms with van der Waals surface area (Å²) < 4.78 is 0. The van der Waals surface area contributed by atoms with E-state index < -0.39 is 6.23 Å². The molecule has 1 aromatic rings. The number of nitrogens with zero attached hydrogens (tertiary/aromatic N) is 1. The number of hydrogen-bond acceptors (Lipinski definition) is 4. The summed E-state index contributed by atoms with van der Waals surface area (Å²) in [6, 6.07) is 7.31. The van der Waals surface area contributed by atoms with Gasteiger partial charge in [-0.15, -0.1) is 0 Å². The van der Waals surface area contributed by atoms with Crippen molar-refractivity contribution in [1.82, 2.24) is 10.4 Å². The fraction of sp³-hybridized carbons (Fsp3) is 0.200. The van der Waals surface area contributed by atoms with Crippen molar-refractivity contribution in [2.75, 3.05) is 0 Å². The van der Waals surface area contributed by atoms with Crippen LogP contribution < -0.4 is 5.48 Å². The van der Waals surface area contributed by atoms with Crippen molar-refractivity contribution in [2.24, 2.45) is 0 Å². The minimum Gasteiger partial charge on any atom is -0.372 e. The maximum absolute atomic E-state index is 9.40. The summed E-state index contributed by atoms with van der Waals surface area (Å²) in [5.41, 5.74) is 4.52. The summed E-state index contributed by atoms with van der Waals surface area (Å²) in [5, 5.41) is 18.0. The van der Waals surface area contributed by atoms with E-state index in [9.17, 15) is 5.11 Å². The molecule has 1 aromatic carbocycles. The van der Waals surface area contributed by atoms with Gasteiger partial charge in [0.25, 0.3) is 0 Å². The van der Waals surface area contributed by atoms with Gasteiger partial charge in [-0.05, 0) is 30.3 Å². The lowest BCUT2D eigenvalue weighted by atomic mass is 10.1. The van der Waals surface area contributed by atoms with Gasteiger partial charge in [0.05, 0.1) is 0 Å². The Kier molecular flexibility index (Phi) is 6.02. The smallest absolute Gasteiger partial charge is 0.152 e. The molecule has 0 saturated carbocycles. The summed E-state index contributed by atoms with van der Waals surface area (Å²) in [7, 11) is 0. The molecule has 19 heavy (non-hydrogen) atoms. The van der Waals surface area contributed by atoms with Crippen molar-refractivity contribution < 1.29 is 10.3 Å². The third-order valence-electron chi connectivity index (χ3n) is 2.80. The van der Waals surface area contributed by atoms with E-state index in [0.29, 0.717) is 12.1 Å². The van der Waals surface area contributed by atoms with Crippen LogP contribution in [0, 0.1) is 0 Å². The van der Waals surface area contributed by atoms with E-state index in [1.807, 2.05) is 30.0 Å². The van der Waals surface area contributed by atoms with Crippen LogP contribution in [0.5, 0.6) is 0 Å². The Hall–Kier alpha value is -1.88. The zero-order valence-corrected chi connectivity index (χ0v) is 11.1. The average molecular weight is 260 g/mol. The normalized spacial score (nSPS) is 12.9. The summed E-state index contributed by atoms with van der Waals surface area (Å²) in [6.07, 6.45) is 4.34. The van der Waals surface area contributed by atoms with Gasteiger partial charge >= 0.3 is 0 Å². The predicted molar refractivity (Wildman–Crippen MR) is 76.0 cm³/mol. The van der Waals surface area contributed by atoms with E-state index in [1.54, 1.807) is 29.9 Å². The summed E-state index contributed by atoms with van der Waals surface area (Å²) in [5.74, 6) is 0. The van der Waals surface area contributed by atoms with Crippen LogP contribution in [0.3, 0.4) is 0 Å². The highest BCUT2D eigenvalue weighted by Gasteiger charge is 2.06. The Bertz CT molecular complexity index is 452. The molecule has 0 saturated heterocycles. The van der Waals surface area contributed by atoms with Crippen LogP contribution in [-0.4, -0.2) is 15.2 Å². The zero-order valence-electron chi connectivity index (χ0n) is 11.1. The van der Waals surface area contributed by atoms with Crippen molar-refractivity contribution in [2.45, 2.75) is 19.7 Å². The highest BCUT2D eigenvalue weighted by molar-refractivity contribution is 5.24. The third-order valence-corrected chi connectivity index (χ3v) is 2.80. The number of aliphatic hydroxyl groups excluding tert-OH is 1. The molecule has 0 aliphatic heterocycles. The van der Waals surface area contributed by atoms with Crippen LogP contribution in [0.25, 0.3) is 0 Å². The minimum atomic E-state index is -1.06. The van der Waals surface area contributed by atoms with E-state index in [0.717, 1.165) is 11.3 Å². The third kappa shape index (κ3) is 4.37. The van der Waals surface area contributed by atoms with Crippen LogP contribution in [0.2, 0.25) is 0 Å². The van der Waals surface area contributed by atoms with Crippen LogP contribution >= 0.6 is 0 Å². The molecule has 0 aliphatic carbocycles. The molecule has 0 fully saturated rings. The minimum absolute atomic E-state index is 0.606. The van der Waals surface area contributed by atoms with Crippen LogP contribution in [0.15, 0.2) is 61.5 Å². The summed E-state index contributed by atoms with van der Waals surface area (Å²) in [4.78, 5) is 2.00. The lowest BCUT2D eigenvalue weighted by Crippen LogP contribution is -2.16. The molecular weight excluding hydrogens is 240 g/mol. The fourth-order valence-electron chi connectivity index (χ4n) is 1.68. The first kappa shape index (κ1) is 15.2. The Morgan fingerprint density at radius 2 is 2.00 bits per heavy atom. The molecule has 0 bridgehead atoms. The first-order valence-corrected chi connectivity index (χ1v) is 5.97. The number of nitrogens with one attached hydrogen (secondary N) is 1. The van der Waals surface area contributed by atoms with Gasteiger partial charge in [-0.1, -0.05) is 43.5 Å². The molecule has 0 spiro atoms. The Morgan fingerprint density at radius 3 is 2.47 bits per heavy atom. The molecule has 0 aliphatic rings. The maximum Gasteiger partial charge on any atom is 0.152 e. The second-order valence-electron chi connectivity index (χ2n) is 4.13. The van der Waals surface area contributed by atoms with Crippen molar-refractivity contribution >= 4 is 0 Å². The maximum atomic E-state index is 9.40. The SMILES string of the molecule is C=CC=C(C)N(C=C)Cc1ccc(C(O)NO)cc1. The molecular formula is C15H20N2O2. The van der Waals surface area contributed by atoms with E-state index in [1.165, 1.54) is 0 Å². The van der Waals surface area contributed by atoms with Gasteiger partial charge in [-0.25, -0.2) is 0 Å². The topological polar surface area (TPSA) is 55.7 Å². The van der Waals surface area contributed by atoms with Gasteiger partial charge in [0.2, 0.25) is 0 Å². The van der Waals surface area contributed by atoms with Crippen molar-refractivity contribution in [3.05, 3.63) is 72.6 Å². The standard InChI is InChI=1S/C15H20N2O2/c1-4-6-12(3)17(5-2)11-13-7-9-14(10-8-13)15(18)16-19/h4-10,15-16,18-19H,1-2,11H2,3H3. The number of hydroxylamine groups is 1. The molecule has 1 atom stereocenters. The first-order chi connectivity index (χ1) is 9.12. The van der Waals surface area contributed by atoms with Crippen LogP contribution in [0.4, 0.5) is 0 Å². The summed E-state index contributed by atoms with van der Waals surface area (Å²) in [6.45, 7) is 10.1. The Balaban J connectivity index is 2.79. The van der Waals surface area contributed by atoms with Gasteiger partial charge in [0, 0.05) is 12.2 Å². The average Bonchev–Trinajstić information content (AvgIpc) is 2.44. The quantitative estimate of drug-likeness (QED) is 0.401. The highest BCUT2D eigenvalue weighted by Crippen LogP contribution is 2.15. The molecule has 0 heterocycles. The predicted octanol–water partition coefficient (Wildman–Crippen LogP) is 2.69. The molecule has 3 N–H and O–H groups in total. The van der Waals surface area contributed by atoms with Crippen LogP contribution in [-0.2, 0) is 6.54 Å². The Morgan fingerprint density at radius 1 is 1.37 bits per heavy atom. The van der Waals surface area contributed by atoms with E-state index >= 15 is 0 Å². The number of benzene rings is 1. The molecule has 1 rings (SSSR count). The largest absolute Gasteiger partial charge is 0.372 e. The molecule has 0 radical (unpaired) electrons. The number of rotatable bonds is 7. The van der Waals surface area contributed by atoms with Gasteiger partial charge in [0.1, 0.15) is 0 Å². The molecule has 4 heteroatoms. The van der Waals surface area contributed by atoms with Gasteiger partial charge in [0.15, 0.2) is 6.23 Å². The summed E-state index contributed by atoms with van der Waals surface area (Å²) >= 11 is 0. The molecule has 0 aromatic heterocycles. The second kappa shape index (κ2) is 7.53. The van der Waals surface area contributed by atoms with Crippen molar-refractivity contribution in [3.8, 4) is 0 Å². The first-order valence-electron chi connectivity index (χ1n) is 5.97. The molecule has 102 valence electrons. The van der Waals surface area contributed by atoms with Crippen LogP contribution in [0.1, 0.15) is 24.3 Å². The highest BCUT2D eigenvalue weighted by atomic mass is 16.5. The van der Waals surface area contributed by atoms with Gasteiger partial charge in [-0.2, -0.15) is 5.48 Å². The molecule has 0 amide bonds. The van der Waals surface area contributed by atoms with Crippen molar-refractivity contribution in [1.29, 1.82) is 0 Å². The lowest BCUT2D eigenvalue weighted by Gasteiger charge is -2.21. The lowest BCUT2D eigenvalue weighted by molar-refractivity contribution is 0.000689. The monoisotopic (exact) mass is 260 g/mol.